The zero-order valence-corrected chi connectivity index (χ0v) is 16.7. The first-order valence-electron chi connectivity index (χ1n) is 8.74. The molecule has 0 radical (unpaired) electrons. The van der Waals surface area contributed by atoms with Crippen molar-refractivity contribution in [2.24, 2.45) is 0 Å². The zero-order valence-electron chi connectivity index (χ0n) is 15.8. The number of methoxy groups -OCH3 is 1. The fraction of sp³-hybridized carbons (Fsp3) is 0.200. The molecule has 29 heavy (non-hydrogen) atoms. The fourth-order valence-corrected chi connectivity index (χ4v) is 3.76. The van der Waals surface area contributed by atoms with E-state index in [-0.39, 0.29) is 41.0 Å². The van der Waals surface area contributed by atoms with Crippen LogP contribution in [0.3, 0.4) is 0 Å². The van der Waals surface area contributed by atoms with Crippen LogP contribution in [0.5, 0.6) is 5.75 Å². The number of carbonyl (C=O) groups excluding carboxylic acids is 2. The summed E-state index contributed by atoms with van der Waals surface area (Å²) in [7, 11) is 1.27. The third-order valence-corrected chi connectivity index (χ3v) is 5.19. The van der Waals surface area contributed by atoms with Crippen molar-refractivity contribution in [1.82, 2.24) is 9.55 Å². The van der Waals surface area contributed by atoms with Crippen LogP contribution in [0.15, 0.2) is 47.3 Å². The molecular formula is C20H19N3O5S. The Morgan fingerprint density at radius 2 is 1.97 bits per heavy atom. The van der Waals surface area contributed by atoms with Crippen LogP contribution in [0.2, 0.25) is 0 Å². The van der Waals surface area contributed by atoms with Crippen LogP contribution in [0.4, 0.5) is 5.13 Å². The van der Waals surface area contributed by atoms with Crippen LogP contribution in [0.25, 0.3) is 10.4 Å². The molecule has 0 aliphatic heterocycles. The summed E-state index contributed by atoms with van der Waals surface area (Å²) in [5.41, 5.74) is 1.09. The van der Waals surface area contributed by atoms with E-state index < -0.39 is 5.97 Å². The number of hydrogen-bond donors (Lipinski definition) is 2. The Morgan fingerprint density at radius 1 is 1.24 bits per heavy atom. The number of thiazole rings is 1. The highest BCUT2D eigenvalue weighted by Gasteiger charge is 2.21. The second kappa shape index (κ2) is 8.70. The monoisotopic (exact) mass is 413 g/mol. The number of hydrogen-bond acceptors (Lipinski definition) is 7. The van der Waals surface area contributed by atoms with Gasteiger partial charge in [0, 0.05) is 24.7 Å². The Hall–Kier alpha value is -3.46. The maximum absolute atomic E-state index is 12.3. The summed E-state index contributed by atoms with van der Waals surface area (Å²) >= 11 is 1.17. The van der Waals surface area contributed by atoms with Gasteiger partial charge >= 0.3 is 5.97 Å². The molecule has 2 heterocycles. The SMILES string of the molecule is COC(=O)c1nc(NC(=O)CCn2c(C)cc(O)cc2=O)sc1-c1ccccc1. The maximum Gasteiger partial charge on any atom is 0.358 e. The van der Waals surface area contributed by atoms with Crippen molar-refractivity contribution < 1.29 is 19.4 Å². The van der Waals surface area contributed by atoms with Gasteiger partial charge in [-0.3, -0.25) is 9.59 Å². The standard InChI is InChI=1S/C20H19N3O5S/c1-12-10-14(24)11-16(26)23(12)9-8-15(25)21-20-22-17(19(27)28-2)18(29-20)13-6-4-3-5-7-13/h3-7,10-11,24H,8-9H2,1-2H3,(H,21,22,25). The Bertz CT molecular complexity index is 1110. The van der Waals surface area contributed by atoms with E-state index in [1.54, 1.807) is 6.92 Å². The maximum atomic E-state index is 12.3. The molecule has 2 N–H and O–H groups in total. The molecule has 3 aromatic rings. The fourth-order valence-electron chi connectivity index (χ4n) is 2.79. The third-order valence-electron chi connectivity index (χ3n) is 4.17. The first-order valence-corrected chi connectivity index (χ1v) is 9.55. The molecule has 0 aliphatic rings. The van der Waals surface area contributed by atoms with Crippen molar-refractivity contribution in [2.75, 3.05) is 12.4 Å². The molecule has 0 spiro atoms. The number of aromatic nitrogens is 2. The third kappa shape index (κ3) is 4.69. The molecular weight excluding hydrogens is 394 g/mol. The van der Waals surface area contributed by atoms with Gasteiger partial charge < -0.3 is 19.7 Å². The number of nitrogens with one attached hydrogen (secondary N) is 1. The minimum atomic E-state index is -0.591. The molecule has 0 aliphatic carbocycles. The molecule has 3 rings (SSSR count). The van der Waals surface area contributed by atoms with Crippen molar-refractivity contribution in [2.45, 2.75) is 19.9 Å². The average molecular weight is 413 g/mol. The normalized spacial score (nSPS) is 10.6. The molecule has 0 atom stereocenters. The second-order valence-corrected chi connectivity index (χ2v) is 7.20. The summed E-state index contributed by atoms with van der Waals surface area (Å²) in [6.07, 6.45) is 0.0271. The smallest absolute Gasteiger partial charge is 0.358 e. The van der Waals surface area contributed by atoms with Crippen molar-refractivity contribution in [1.29, 1.82) is 0 Å². The van der Waals surface area contributed by atoms with Gasteiger partial charge in [0.15, 0.2) is 10.8 Å². The van der Waals surface area contributed by atoms with E-state index in [0.717, 1.165) is 11.6 Å². The number of aryl methyl sites for hydroxylation is 1. The quantitative estimate of drug-likeness (QED) is 0.601. The number of aromatic hydroxyl groups is 1. The Kier molecular flexibility index (Phi) is 6.08. The predicted octanol–water partition coefficient (Wildman–Crippen LogP) is 2.80. The molecule has 9 heteroatoms. The number of anilines is 1. The molecule has 2 aromatic heterocycles. The molecule has 150 valence electrons. The van der Waals surface area contributed by atoms with Gasteiger partial charge in [0.1, 0.15) is 5.75 Å². The number of amides is 1. The average Bonchev–Trinajstić information content (AvgIpc) is 3.11. The minimum absolute atomic E-state index is 0.0271. The van der Waals surface area contributed by atoms with Crippen LogP contribution in [-0.2, 0) is 16.1 Å². The molecule has 1 amide bonds. The van der Waals surface area contributed by atoms with Crippen LogP contribution in [0.1, 0.15) is 22.6 Å². The summed E-state index contributed by atoms with van der Waals surface area (Å²) in [6.45, 7) is 1.83. The van der Waals surface area contributed by atoms with Gasteiger partial charge in [-0.1, -0.05) is 41.7 Å². The first kappa shape index (κ1) is 20.3. The lowest BCUT2D eigenvalue weighted by Gasteiger charge is -2.09. The van der Waals surface area contributed by atoms with Gasteiger partial charge in [-0.05, 0) is 18.6 Å². The summed E-state index contributed by atoms with van der Waals surface area (Å²) in [6, 6.07) is 11.8. The van der Waals surface area contributed by atoms with E-state index >= 15 is 0 Å². The van der Waals surface area contributed by atoms with Crippen LogP contribution in [0, 0.1) is 6.92 Å². The van der Waals surface area contributed by atoms with Gasteiger partial charge in [0.25, 0.3) is 5.56 Å². The highest BCUT2D eigenvalue weighted by Crippen LogP contribution is 2.33. The topological polar surface area (TPSA) is 111 Å². The van der Waals surface area contributed by atoms with Crippen molar-refractivity contribution in [3.63, 3.8) is 0 Å². The summed E-state index contributed by atoms with van der Waals surface area (Å²) in [5.74, 6) is -1.05. The molecule has 0 bridgehead atoms. The lowest BCUT2D eigenvalue weighted by atomic mass is 10.1. The number of esters is 1. The Balaban J connectivity index is 1.76. The zero-order chi connectivity index (χ0) is 21.0. The molecule has 1 aromatic carbocycles. The van der Waals surface area contributed by atoms with Crippen molar-refractivity contribution >= 4 is 28.3 Å². The van der Waals surface area contributed by atoms with E-state index in [0.29, 0.717) is 10.6 Å². The van der Waals surface area contributed by atoms with Gasteiger partial charge in [0.2, 0.25) is 5.91 Å². The van der Waals surface area contributed by atoms with Crippen molar-refractivity contribution in [3.05, 3.63) is 64.2 Å². The van der Waals surface area contributed by atoms with Crippen LogP contribution >= 0.6 is 11.3 Å². The lowest BCUT2D eigenvalue weighted by Crippen LogP contribution is -2.24. The number of pyridine rings is 1. The van der Waals surface area contributed by atoms with E-state index in [4.69, 9.17) is 4.74 Å². The lowest BCUT2D eigenvalue weighted by molar-refractivity contribution is -0.116. The summed E-state index contributed by atoms with van der Waals surface area (Å²) in [4.78, 5) is 41.2. The van der Waals surface area contributed by atoms with Gasteiger partial charge in [-0.25, -0.2) is 9.78 Å². The number of nitrogens with zero attached hydrogens (tertiary/aromatic N) is 2. The molecule has 8 nitrogen and oxygen atoms in total. The summed E-state index contributed by atoms with van der Waals surface area (Å²) < 4.78 is 6.19. The Morgan fingerprint density at radius 3 is 2.62 bits per heavy atom. The second-order valence-electron chi connectivity index (χ2n) is 6.20. The highest BCUT2D eigenvalue weighted by molar-refractivity contribution is 7.19. The molecule has 0 unspecified atom stereocenters. The van der Waals surface area contributed by atoms with Crippen molar-refractivity contribution in [3.8, 4) is 16.2 Å². The first-order chi connectivity index (χ1) is 13.9. The Labute approximate surface area is 170 Å². The van der Waals surface area contributed by atoms with Gasteiger partial charge in [-0.2, -0.15) is 0 Å². The highest BCUT2D eigenvalue weighted by atomic mass is 32.1. The predicted molar refractivity (Wildman–Crippen MR) is 109 cm³/mol. The molecule has 0 fully saturated rings. The van der Waals surface area contributed by atoms with E-state index in [1.807, 2.05) is 30.3 Å². The van der Waals surface area contributed by atoms with Gasteiger partial charge in [-0.15, -0.1) is 0 Å². The van der Waals surface area contributed by atoms with E-state index in [9.17, 15) is 19.5 Å². The summed E-state index contributed by atoms with van der Waals surface area (Å²) in [5, 5.41) is 12.4. The largest absolute Gasteiger partial charge is 0.508 e. The number of ether oxygens (including phenoxy) is 1. The van der Waals surface area contributed by atoms with E-state index in [2.05, 4.69) is 10.3 Å². The van der Waals surface area contributed by atoms with Crippen LogP contribution in [-0.4, -0.2) is 33.6 Å². The number of carbonyl (C=O) groups is 2. The minimum Gasteiger partial charge on any atom is -0.508 e. The van der Waals surface area contributed by atoms with Gasteiger partial charge in [0.05, 0.1) is 12.0 Å². The van der Waals surface area contributed by atoms with Crippen LogP contribution < -0.4 is 10.9 Å². The number of rotatable bonds is 6. The van der Waals surface area contributed by atoms with E-state index in [1.165, 1.54) is 29.1 Å². The molecule has 0 saturated heterocycles. The number of benzene rings is 1. The molecule has 0 saturated carbocycles.